The second-order valence-corrected chi connectivity index (χ2v) is 4.50. The van der Waals surface area contributed by atoms with E-state index in [1.165, 1.54) is 0 Å². The number of hydrogen-bond acceptors (Lipinski definition) is 0. The van der Waals surface area contributed by atoms with Gasteiger partial charge in [-0.3, -0.25) is 0 Å². The van der Waals surface area contributed by atoms with E-state index in [-0.39, 0.29) is 34.1 Å². The van der Waals surface area contributed by atoms with Gasteiger partial charge < -0.3 is 11.5 Å². The zero-order chi connectivity index (χ0) is 9.00. The quantitative estimate of drug-likeness (QED) is 0.499. The Bertz CT molecular complexity index is 55.1. The summed E-state index contributed by atoms with van der Waals surface area (Å²) in [4.78, 5) is 0. The third kappa shape index (κ3) is 1710. The van der Waals surface area contributed by atoms with Gasteiger partial charge in [0.15, 0.2) is 0 Å². The molecule has 0 radical (unpaired) electrons. The molecule has 64 valence electrons. The van der Waals surface area contributed by atoms with Crippen molar-refractivity contribution in [3.63, 3.8) is 0 Å². The molecule has 2 nitrogen and oxygen atoms in total. The predicted molar refractivity (Wildman–Crippen MR) is 53.9 cm³/mol. The van der Waals surface area contributed by atoms with Gasteiger partial charge in [0, 0.05) is 0 Å². The summed E-state index contributed by atoms with van der Waals surface area (Å²) in [5.74, 6) is 0. The van der Waals surface area contributed by atoms with Crippen molar-refractivity contribution in [3.8, 4) is 0 Å². The molecule has 0 spiro atoms. The van der Waals surface area contributed by atoms with Crippen molar-refractivity contribution in [2.24, 2.45) is 0 Å². The molecule has 0 atom stereocenters. The van der Waals surface area contributed by atoms with Gasteiger partial charge in [-0.1, -0.05) is 41.5 Å². The first kappa shape index (κ1) is 17.7. The smallest absolute Gasteiger partial charge is 0.673 e. The standard InChI is InChI=1S/2C4H10N.Mg/c2*1-4(2,3)5;/h2*5H,1-3H3;/q2*-1;+2. The van der Waals surface area contributed by atoms with Gasteiger partial charge in [-0.2, -0.15) is 0 Å². The average Bonchev–Trinajstić information content (AvgIpc) is 1.12. The molecule has 0 aromatic rings. The van der Waals surface area contributed by atoms with Crippen LogP contribution >= 0.6 is 0 Å². The largest absolute Gasteiger partial charge is 2.00 e. The number of nitrogens with one attached hydrogen (secondary N) is 2. The van der Waals surface area contributed by atoms with Crippen LogP contribution in [0.15, 0.2) is 0 Å². The molecule has 0 heterocycles. The van der Waals surface area contributed by atoms with Gasteiger partial charge in [0.05, 0.1) is 0 Å². The number of hydrogen-bond donors (Lipinski definition) is 0. The summed E-state index contributed by atoms with van der Waals surface area (Å²) >= 11 is 0. The van der Waals surface area contributed by atoms with E-state index in [1.807, 2.05) is 41.5 Å². The molecule has 0 aliphatic carbocycles. The summed E-state index contributed by atoms with van der Waals surface area (Å²) in [6, 6.07) is 0. The first-order chi connectivity index (χ1) is 4.00. The summed E-state index contributed by atoms with van der Waals surface area (Å²) < 4.78 is 0. The zero-order valence-corrected chi connectivity index (χ0v) is 10.1. The summed E-state index contributed by atoms with van der Waals surface area (Å²) in [6.07, 6.45) is 0. The average molecular weight is 169 g/mol. The molecule has 0 rings (SSSR count). The van der Waals surface area contributed by atoms with Gasteiger partial charge in [0.25, 0.3) is 0 Å². The van der Waals surface area contributed by atoms with E-state index < -0.39 is 0 Å². The van der Waals surface area contributed by atoms with Crippen molar-refractivity contribution in [3.05, 3.63) is 11.5 Å². The van der Waals surface area contributed by atoms with E-state index in [0.717, 1.165) is 0 Å². The maximum atomic E-state index is 6.94. The van der Waals surface area contributed by atoms with E-state index in [4.69, 9.17) is 11.5 Å². The van der Waals surface area contributed by atoms with E-state index in [2.05, 4.69) is 0 Å². The van der Waals surface area contributed by atoms with Crippen LogP contribution in [-0.4, -0.2) is 34.1 Å². The maximum Gasteiger partial charge on any atom is 2.00 e. The Balaban J connectivity index is -0.000000107. The van der Waals surface area contributed by atoms with Gasteiger partial charge >= 0.3 is 23.1 Å². The first-order valence-electron chi connectivity index (χ1n) is 3.50. The zero-order valence-electron chi connectivity index (χ0n) is 8.71. The maximum absolute atomic E-state index is 6.94. The van der Waals surface area contributed by atoms with Crippen LogP contribution in [0.25, 0.3) is 11.5 Å². The molecule has 0 aliphatic heterocycles. The number of rotatable bonds is 0. The fraction of sp³-hybridized carbons (Fsp3) is 1.00. The van der Waals surface area contributed by atoms with Crippen LogP contribution in [0.5, 0.6) is 0 Å². The van der Waals surface area contributed by atoms with Crippen LogP contribution in [0.2, 0.25) is 0 Å². The van der Waals surface area contributed by atoms with E-state index in [1.54, 1.807) is 0 Å². The Morgan fingerprint density at radius 1 is 0.636 bits per heavy atom. The molecule has 0 aromatic carbocycles. The molecular formula is C8H20MgN2. The summed E-state index contributed by atoms with van der Waals surface area (Å²) in [5.41, 5.74) is 13.4. The Morgan fingerprint density at radius 2 is 0.636 bits per heavy atom. The second kappa shape index (κ2) is 6.23. The Morgan fingerprint density at radius 3 is 0.636 bits per heavy atom. The molecule has 0 saturated heterocycles. The fourth-order valence-corrected chi connectivity index (χ4v) is 0. The molecule has 3 heteroatoms. The SMILES string of the molecule is CC(C)(C)[NH-].CC(C)(C)[NH-].[Mg+2]. The van der Waals surface area contributed by atoms with Gasteiger partial charge in [-0.15, -0.1) is 11.1 Å². The van der Waals surface area contributed by atoms with Crippen molar-refractivity contribution in [2.45, 2.75) is 52.6 Å². The van der Waals surface area contributed by atoms with Crippen molar-refractivity contribution in [1.82, 2.24) is 0 Å². The molecule has 0 saturated carbocycles. The fourth-order valence-electron chi connectivity index (χ4n) is 0. The van der Waals surface area contributed by atoms with Crippen LogP contribution in [0.1, 0.15) is 41.5 Å². The van der Waals surface area contributed by atoms with Gasteiger partial charge in [0.1, 0.15) is 0 Å². The molecule has 0 aromatic heterocycles. The van der Waals surface area contributed by atoms with E-state index >= 15 is 0 Å². The summed E-state index contributed by atoms with van der Waals surface area (Å²) in [7, 11) is 0. The van der Waals surface area contributed by atoms with Crippen molar-refractivity contribution < 1.29 is 0 Å². The molecule has 0 amide bonds. The molecule has 11 heavy (non-hydrogen) atoms. The first-order valence-corrected chi connectivity index (χ1v) is 3.50. The minimum atomic E-state index is -0.250. The topological polar surface area (TPSA) is 47.6 Å². The predicted octanol–water partition coefficient (Wildman–Crippen LogP) is 3.29. The minimum absolute atomic E-state index is 0. The van der Waals surface area contributed by atoms with Gasteiger partial charge in [-0.25, -0.2) is 0 Å². The van der Waals surface area contributed by atoms with Crippen LogP contribution in [-0.2, 0) is 0 Å². The van der Waals surface area contributed by atoms with Crippen LogP contribution in [0, 0.1) is 0 Å². The summed E-state index contributed by atoms with van der Waals surface area (Å²) in [5, 5.41) is 0. The molecular weight excluding hydrogens is 148 g/mol. The Hall–Kier alpha value is 0.686. The minimum Gasteiger partial charge on any atom is -0.673 e. The van der Waals surface area contributed by atoms with Gasteiger partial charge in [-0.05, 0) is 0 Å². The van der Waals surface area contributed by atoms with E-state index in [0.29, 0.717) is 0 Å². The van der Waals surface area contributed by atoms with Crippen LogP contribution < -0.4 is 0 Å². The van der Waals surface area contributed by atoms with Crippen molar-refractivity contribution in [2.75, 3.05) is 0 Å². The normalized spacial score (nSPS) is 10.9. The Labute approximate surface area is 87.2 Å². The molecule has 0 fully saturated rings. The third-order valence-electron chi connectivity index (χ3n) is 0. The van der Waals surface area contributed by atoms with Crippen LogP contribution in [0.3, 0.4) is 0 Å². The molecule has 0 unspecified atom stereocenters. The Kier molecular flexibility index (Phi) is 10.0. The molecule has 0 bridgehead atoms. The van der Waals surface area contributed by atoms with Crippen molar-refractivity contribution in [1.29, 1.82) is 0 Å². The van der Waals surface area contributed by atoms with Crippen molar-refractivity contribution >= 4 is 23.1 Å². The monoisotopic (exact) mass is 168 g/mol. The third-order valence-corrected chi connectivity index (χ3v) is 0. The second-order valence-electron chi connectivity index (χ2n) is 4.50. The van der Waals surface area contributed by atoms with E-state index in [9.17, 15) is 0 Å². The summed E-state index contributed by atoms with van der Waals surface area (Å²) in [6.45, 7) is 11.1. The molecule has 0 aliphatic rings. The molecule has 2 N–H and O–H groups in total. The van der Waals surface area contributed by atoms with Gasteiger partial charge in [0.2, 0.25) is 0 Å². The van der Waals surface area contributed by atoms with Crippen LogP contribution in [0.4, 0.5) is 0 Å².